The Hall–Kier alpha value is -0.0500. The van der Waals surface area contributed by atoms with E-state index in [1.54, 1.807) is 11.3 Å². The lowest BCUT2D eigenvalue weighted by atomic mass is 9.77. The van der Waals surface area contributed by atoms with Gasteiger partial charge in [-0.05, 0) is 36.8 Å². The number of rotatable bonds is 6. The molecule has 1 aromatic heterocycles. The molecule has 1 nitrogen and oxygen atoms in total. The molecule has 108 valence electrons. The van der Waals surface area contributed by atoms with E-state index in [-0.39, 0.29) is 6.10 Å². The summed E-state index contributed by atoms with van der Waals surface area (Å²) in [6, 6.07) is 3.97. The fourth-order valence-corrected chi connectivity index (χ4v) is 4.33. The summed E-state index contributed by atoms with van der Waals surface area (Å²) in [7, 11) is 0. The van der Waals surface area contributed by atoms with Crippen LogP contribution in [0.25, 0.3) is 0 Å². The molecule has 1 aliphatic carbocycles. The van der Waals surface area contributed by atoms with E-state index in [9.17, 15) is 5.11 Å². The van der Waals surface area contributed by atoms with Gasteiger partial charge in [0.2, 0.25) is 0 Å². The van der Waals surface area contributed by atoms with Gasteiger partial charge in [0.15, 0.2) is 0 Å². The zero-order valence-electron chi connectivity index (χ0n) is 11.8. The average Bonchev–Trinajstić information content (AvgIpc) is 2.82. The smallest absolute Gasteiger partial charge is 0.0931 e. The molecule has 1 unspecified atom stereocenters. The van der Waals surface area contributed by atoms with Crippen molar-refractivity contribution in [3.8, 4) is 0 Å². The second kappa shape index (κ2) is 7.66. The quantitative estimate of drug-likeness (QED) is 0.755. The highest BCUT2D eigenvalue weighted by molar-refractivity contribution is 7.16. The third kappa shape index (κ3) is 4.77. The molecule has 19 heavy (non-hydrogen) atoms. The first kappa shape index (κ1) is 15.3. The summed E-state index contributed by atoms with van der Waals surface area (Å²) in [4.78, 5) is 1.21. The summed E-state index contributed by atoms with van der Waals surface area (Å²) >= 11 is 7.53. The maximum Gasteiger partial charge on any atom is 0.0931 e. The molecule has 0 amide bonds. The van der Waals surface area contributed by atoms with Gasteiger partial charge in [-0.25, -0.2) is 0 Å². The summed E-state index contributed by atoms with van der Waals surface area (Å²) in [5.74, 6) is 1.42. The highest BCUT2D eigenvalue weighted by Gasteiger charge is 2.26. The molecule has 0 aromatic carbocycles. The molecule has 1 aromatic rings. The normalized spacial score (nSPS) is 25.4. The first-order valence-electron chi connectivity index (χ1n) is 7.61. The Morgan fingerprint density at radius 3 is 2.63 bits per heavy atom. The van der Waals surface area contributed by atoms with Crippen molar-refractivity contribution in [3.63, 3.8) is 0 Å². The van der Waals surface area contributed by atoms with Crippen LogP contribution in [0.3, 0.4) is 0 Å². The van der Waals surface area contributed by atoms with Crippen LogP contribution in [-0.4, -0.2) is 11.2 Å². The minimum absolute atomic E-state index is 0.179. The first-order chi connectivity index (χ1) is 9.19. The van der Waals surface area contributed by atoms with E-state index in [1.807, 2.05) is 12.1 Å². The zero-order valence-corrected chi connectivity index (χ0v) is 13.3. The Balaban J connectivity index is 1.74. The number of hydrogen-bond donors (Lipinski definition) is 1. The molecule has 0 radical (unpaired) electrons. The van der Waals surface area contributed by atoms with Gasteiger partial charge in [0, 0.05) is 11.3 Å². The first-order valence-corrected chi connectivity index (χ1v) is 8.80. The third-order valence-electron chi connectivity index (χ3n) is 4.44. The molecule has 2 rings (SSSR count). The van der Waals surface area contributed by atoms with E-state index >= 15 is 0 Å². The Labute approximate surface area is 126 Å². The van der Waals surface area contributed by atoms with E-state index in [2.05, 4.69) is 6.92 Å². The topological polar surface area (TPSA) is 20.2 Å². The molecule has 3 heteroatoms. The van der Waals surface area contributed by atoms with Crippen molar-refractivity contribution in [1.82, 2.24) is 0 Å². The van der Waals surface area contributed by atoms with Crippen LogP contribution in [0.4, 0.5) is 0 Å². The average molecular weight is 301 g/mol. The predicted molar refractivity (Wildman–Crippen MR) is 84.0 cm³/mol. The lowest BCUT2D eigenvalue weighted by Gasteiger charge is -2.31. The van der Waals surface area contributed by atoms with Gasteiger partial charge >= 0.3 is 0 Å². The number of thiophene rings is 1. The van der Waals surface area contributed by atoms with Crippen LogP contribution in [0.1, 0.15) is 56.7 Å². The summed E-state index contributed by atoms with van der Waals surface area (Å²) in [6.45, 7) is 2.27. The van der Waals surface area contributed by atoms with Gasteiger partial charge in [0.1, 0.15) is 0 Å². The fourth-order valence-electron chi connectivity index (χ4n) is 3.19. The number of aliphatic hydroxyl groups excluding tert-OH is 1. The van der Waals surface area contributed by atoms with Crippen molar-refractivity contribution in [2.45, 2.75) is 64.4 Å². The van der Waals surface area contributed by atoms with Gasteiger partial charge in [-0.2, -0.15) is 0 Å². The number of hydrogen-bond acceptors (Lipinski definition) is 2. The predicted octanol–water partition coefficient (Wildman–Crippen LogP) is 5.30. The maximum atomic E-state index is 10.4. The molecule has 1 heterocycles. The molecule has 1 N–H and O–H groups in total. The molecule has 0 aliphatic heterocycles. The minimum atomic E-state index is -0.179. The second-order valence-corrected chi connectivity index (χ2v) is 7.70. The molecule has 1 atom stereocenters. The molecular formula is C16H25ClOS. The number of aliphatic hydroxyl groups is 1. The lowest BCUT2D eigenvalue weighted by molar-refractivity contribution is 0.0732. The third-order valence-corrected chi connectivity index (χ3v) is 5.69. The van der Waals surface area contributed by atoms with E-state index in [1.165, 1.54) is 49.8 Å². The van der Waals surface area contributed by atoms with Gasteiger partial charge in [0.05, 0.1) is 10.4 Å². The van der Waals surface area contributed by atoms with Gasteiger partial charge in [0.25, 0.3) is 0 Å². The largest absolute Gasteiger partial charge is 0.392 e. The highest BCUT2D eigenvalue weighted by atomic mass is 35.5. The van der Waals surface area contributed by atoms with Crippen LogP contribution in [0, 0.1) is 11.8 Å². The lowest BCUT2D eigenvalue weighted by Crippen LogP contribution is -2.27. The zero-order chi connectivity index (χ0) is 13.7. The fraction of sp³-hybridized carbons (Fsp3) is 0.750. The molecule has 0 spiro atoms. The van der Waals surface area contributed by atoms with Gasteiger partial charge in [-0.1, -0.05) is 50.6 Å². The summed E-state index contributed by atoms with van der Waals surface area (Å²) in [6.07, 6.45) is 9.69. The molecule has 1 saturated carbocycles. The van der Waals surface area contributed by atoms with E-state index in [0.717, 1.165) is 16.7 Å². The van der Waals surface area contributed by atoms with Crippen LogP contribution >= 0.6 is 22.9 Å². The van der Waals surface area contributed by atoms with E-state index < -0.39 is 0 Å². The molecule has 1 fully saturated rings. The second-order valence-electron chi connectivity index (χ2n) is 5.90. The van der Waals surface area contributed by atoms with Gasteiger partial charge < -0.3 is 5.11 Å². The van der Waals surface area contributed by atoms with Crippen LogP contribution in [0.15, 0.2) is 12.1 Å². The van der Waals surface area contributed by atoms with Crippen LogP contribution in [-0.2, 0) is 6.42 Å². The number of halogens is 1. The summed E-state index contributed by atoms with van der Waals surface area (Å²) in [5.41, 5.74) is 0. The van der Waals surface area contributed by atoms with Crippen molar-refractivity contribution in [2.75, 3.05) is 0 Å². The Morgan fingerprint density at radius 1 is 1.32 bits per heavy atom. The summed E-state index contributed by atoms with van der Waals surface area (Å²) in [5, 5.41) is 10.4. The number of unbranched alkanes of at least 4 members (excludes halogenated alkanes) is 1. The molecule has 0 bridgehead atoms. The minimum Gasteiger partial charge on any atom is -0.392 e. The highest BCUT2D eigenvalue weighted by Crippen LogP contribution is 2.35. The van der Waals surface area contributed by atoms with E-state index in [4.69, 9.17) is 11.6 Å². The van der Waals surface area contributed by atoms with Crippen LogP contribution in [0.2, 0.25) is 4.34 Å². The Morgan fingerprint density at radius 2 is 2.05 bits per heavy atom. The van der Waals surface area contributed by atoms with Crippen molar-refractivity contribution < 1.29 is 5.11 Å². The maximum absolute atomic E-state index is 10.4. The Bertz CT molecular complexity index is 369. The summed E-state index contributed by atoms with van der Waals surface area (Å²) < 4.78 is 0.825. The van der Waals surface area contributed by atoms with Crippen molar-refractivity contribution in [3.05, 3.63) is 21.3 Å². The molecule has 1 aliphatic rings. The molecular weight excluding hydrogens is 276 g/mol. The van der Waals surface area contributed by atoms with Gasteiger partial charge in [-0.15, -0.1) is 11.3 Å². The standard InChI is InChI=1S/C16H25ClOS/c1-2-3-4-12-5-7-13(8-6-12)15(18)11-14-9-10-16(17)19-14/h9-10,12-13,15,18H,2-8,11H2,1H3. The Kier molecular flexibility index (Phi) is 6.18. The van der Waals surface area contributed by atoms with Crippen LogP contribution < -0.4 is 0 Å². The van der Waals surface area contributed by atoms with Crippen molar-refractivity contribution in [1.29, 1.82) is 0 Å². The van der Waals surface area contributed by atoms with Crippen molar-refractivity contribution >= 4 is 22.9 Å². The van der Waals surface area contributed by atoms with Crippen molar-refractivity contribution in [2.24, 2.45) is 11.8 Å². The molecule has 0 saturated heterocycles. The van der Waals surface area contributed by atoms with Crippen LogP contribution in [0.5, 0.6) is 0 Å². The van der Waals surface area contributed by atoms with E-state index in [0.29, 0.717) is 5.92 Å². The monoisotopic (exact) mass is 300 g/mol. The van der Waals surface area contributed by atoms with Gasteiger partial charge in [-0.3, -0.25) is 0 Å². The SMILES string of the molecule is CCCCC1CCC(C(O)Cc2ccc(Cl)s2)CC1.